The van der Waals surface area contributed by atoms with Crippen molar-refractivity contribution in [1.82, 2.24) is 0 Å². The first-order chi connectivity index (χ1) is 6.72. The molecule has 15 heavy (non-hydrogen) atoms. The summed E-state index contributed by atoms with van der Waals surface area (Å²) in [7, 11) is -1.68. The second kappa shape index (κ2) is 3.31. The third kappa shape index (κ3) is 2.02. The average molecular weight is 228 g/mol. The summed E-state index contributed by atoms with van der Waals surface area (Å²) in [6.45, 7) is 11.3. The van der Waals surface area contributed by atoms with Gasteiger partial charge in [0.05, 0.1) is 12.2 Å². The zero-order valence-corrected chi connectivity index (χ0v) is 11.6. The van der Waals surface area contributed by atoms with Crippen LogP contribution in [-0.4, -0.2) is 25.6 Å². The van der Waals surface area contributed by atoms with Crippen LogP contribution >= 0.6 is 0 Å². The lowest BCUT2D eigenvalue weighted by atomic mass is 10.2. The van der Waals surface area contributed by atoms with E-state index in [0.29, 0.717) is 5.92 Å². The van der Waals surface area contributed by atoms with Gasteiger partial charge in [0.25, 0.3) is 0 Å². The van der Waals surface area contributed by atoms with E-state index in [1.165, 1.54) is 6.42 Å². The first kappa shape index (κ1) is 11.6. The number of fused-ring (bicyclic) bond motifs is 1. The molecule has 2 nitrogen and oxygen atoms in total. The molecular formula is C12H24O2Si. The molecule has 2 rings (SSSR count). The van der Waals surface area contributed by atoms with Crippen molar-refractivity contribution < 1.29 is 9.53 Å². The molecule has 1 N–H and O–H groups in total. The van der Waals surface area contributed by atoms with E-state index in [-0.39, 0.29) is 17.2 Å². The minimum absolute atomic E-state index is 0.134. The lowest BCUT2D eigenvalue weighted by Gasteiger charge is -2.39. The molecule has 2 aliphatic rings. The molecule has 0 bridgehead atoms. The van der Waals surface area contributed by atoms with Crippen molar-refractivity contribution in [2.75, 3.05) is 0 Å². The van der Waals surface area contributed by atoms with Crippen LogP contribution in [-0.2, 0) is 4.43 Å². The van der Waals surface area contributed by atoms with Gasteiger partial charge < -0.3 is 9.53 Å². The van der Waals surface area contributed by atoms with E-state index in [9.17, 15) is 5.11 Å². The van der Waals surface area contributed by atoms with E-state index in [2.05, 4.69) is 33.9 Å². The first-order valence-corrected chi connectivity index (χ1v) is 8.99. The summed E-state index contributed by atoms with van der Waals surface area (Å²) >= 11 is 0. The Labute approximate surface area is 94.2 Å². The van der Waals surface area contributed by atoms with Gasteiger partial charge in [0, 0.05) is 0 Å². The van der Waals surface area contributed by atoms with Gasteiger partial charge in [-0.1, -0.05) is 20.8 Å². The van der Waals surface area contributed by atoms with E-state index < -0.39 is 8.32 Å². The quantitative estimate of drug-likeness (QED) is 0.736. The molecule has 88 valence electrons. The minimum Gasteiger partial charge on any atom is -0.411 e. The summed E-state index contributed by atoms with van der Waals surface area (Å²) in [5.74, 6) is 1.34. The molecular weight excluding hydrogens is 204 g/mol. The number of hydrogen-bond acceptors (Lipinski definition) is 2. The normalized spacial score (nSPS) is 40.4. The van der Waals surface area contributed by atoms with Crippen LogP contribution in [0.4, 0.5) is 0 Å². The van der Waals surface area contributed by atoms with E-state index in [1.807, 2.05) is 0 Å². The molecule has 2 saturated carbocycles. The highest BCUT2D eigenvalue weighted by Crippen LogP contribution is 2.54. The highest BCUT2D eigenvalue weighted by molar-refractivity contribution is 6.74. The topological polar surface area (TPSA) is 29.5 Å². The number of rotatable bonds is 2. The third-order valence-electron chi connectivity index (χ3n) is 4.58. The van der Waals surface area contributed by atoms with Crippen molar-refractivity contribution in [3.8, 4) is 0 Å². The highest BCUT2D eigenvalue weighted by Gasteiger charge is 2.55. The van der Waals surface area contributed by atoms with Gasteiger partial charge in [0.1, 0.15) is 0 Å². The fourth-order valence-corrected chi connectivity index (χ4v) is 3.69. The summed E-state index contributed by atoms with van der Waals surface area (Å²) in [6, 6.07) is 0. The summed E-state index contributed by atoms with van der Waals surface area (Å²) in [6.07, 6.45) is 2.29. The van der Waals surface area contributed by atoms with Gasteiger partial charge in [-0.3, -0.25) is 0 Å². The van der Waals surface area contributed by atoms with Gasteiger partial charge in [-0.25, -0.2) is 0 Å². The molecule has 0 aromatic rings. The smallest absolute Gasteiger partial charge is 0.192 e. The van der Waals surface area contributed by atoms with Crippen molar-refractivity contribution in [2.45, 2.75) is 64.0 Å². The van der Waals surface area contributed by atoms with Gasteiger partial charge in [0.2, 0.25) is 0 Å². The van der Waals surface area contributed by atoms with Gasteiger partial charge >= 0.3 is 0 Å². The van der Waals surface area contributed by atoms with E-state index in [1.54, 1.807) is 0 Å². The maximum atomic E-state index is 10.0. The molecule has 0 radical (unpaired) electrons. The second-order valence-corrected chi connectivity index (χ2v) is 11.6. The van der Waals surface area contributed by atoms with Crippen LogP contribution < -0.4 is 0 Å². The molecule has 0 aromatic heterocycles. The number of hydrogen-bond donors (Lipinski definition) is 1. The van der Waals surface area contributed by atoms with Crippen molar-refractivity contribution in [3.05, 3.63) is 0 Å². The summed E-state index contributed by atoms with van der Waals surface area (Å²) < 4.78 is 6.27. The predicted molar refractivity (Wildman–Crippen MR) is 64.3 cm³/mol. The molecule has 0 aliphatic heterocycles. The van der Waals surface area contributed by atoms with Crippen molar-refractivity contribution >= 4 is 8.32 Å². The molecule has 2 fully saturated rings. The zero-order chi connectivity index (χ0) is 11.4. The number of aliphatic hydroxyl groups excluding tert-OH is 1. The van der Waals surface area contributed by atoms with Gasteiger partial charge in [-0.2, -0.15) is 0 Å². The SMILES string of the molecule is CC(C)(C)[Si](C)(C)OC1C[C@H]2CC2[C@@H]1O. The molecule has 2 aliphatic carbocycles. The Bertz CT molecular complexity index is 257. The van der Waals surface area contributed by atoms with E-state index in [0.717, 1.165) is 12.3 Å². The van der Waals surface area contributed by atoms with Crippen LogP contribution in [0.25, 0.3) is 0 Å². The largest absolute Gasteiger partial charge is 0.411 e. The van der Waals surface area contributed by atoms with E-state index in [4.69, 9.17) is 4.43 Å². The minimum atomic E-state index is -1.68. The first-order valence-electron chi connectivity index (χ1n) is 6.08. The molecule has 0 aromatic carbocycles. The molecule has 0 saturated heterocycles. The molecule has 0 amide bonds. The Morgan fingerprint density at radius 2 is 1.80 bits per heavy atom. The molecule has 0 heterocycles. The standard InChI is InChI=1S/C12H24O2Si/c1-12(2,3)15(4,5)14-10-7-8-6-9(8)11(10)13/h8-11,13H,6-7H2,1-5H3/t8-,9?,10?,11+/m1/s1. The van der Waals surface area contributed by atoms with Gasteiger partial charge in [-0.05, 0) is 42.8 Å². The average Bonchev–Trinajstić information content (AvgIpc) is 2.73. The van der Waals surface area contributed by atoms with E-state index >= 15 is 0 Å². The zero-order valence-electron chi connectivity index (χ0n) is 10.6. The highest BCUT2D eigenvalue weighted by atomic mass is 28.4. The van der Waals surface area contributed by atoms with Crippen LogP contribution in [0.1, 0.15) is 33.6 Å². The molecule has 4 atom stereocenters. The Kier molecular flexibility index (Phi) is 2.57. The Morgan fingerprint density at radius 3 is 2.20 bits per heavy atom. The Morgan fingerprint density at radius 1 is 1.20 bits per heavy atom. The molecule has 2 unspecified atom stereocenters. The van der Waals surface area contributed by atoms with Gasteiger partial charge in [-0.15, -0.1) is 0 Å². The maximum Gasteiger partial charge on any atom is 0.192 e. The van der Waals surface area contributed by atoms with Crippen molar-refractivity contribution in [2.24, 2.45) is 11.8 Å². The Balaban J connectivity index is 1.97. The lowest BCUT2D eigenvalue weighted by Crippen LogP contribution is -2.46. The summed E-state index contributed by atoms with van der Waals surface area (Å²) in [5.41, 5.74) is 0. The maximum absolute atomic E-state index is 10.0. The fraction of sp³-hybridized carbons (Fsp3) is 1.00. The monoisotopic (exact) mass is 228 g/mol. The molecule has 0 spiro atoms. The predicted octanol–water partition coefficient (Wildman–Crippen LogP) is 2.78. The number of aliphatic hydroxyl groups is 1. The van der Waals surface area contributed by atoms with Crippen molar-refractivity contribution in [1.29, 1.82) is 0 Å². The van der Waals surface area contributed by atoms with Crippen LogP contribution in [0.3, 0.4) is 0 Å². The second-order valence-electron chi connectivity index (χ2n) is 6.80. The summed E-state index contributed by atoms with van der Waals surface area (Å²) in [4.78, 5) is 0. The lowest BCUT2D eigenvalue weighted by molar-refractivity contribution is 0.0326. The van der Waals surface area contributed by atoms with Crippen LogP contribution in [0, 0.1) is 11.8 Å². The van der Waals surface area contributed by atoms with Crippen LogP contribution in [0.2, 0.25) is 18.1 Å². The van der Waals surface area contributed by atoms with Crippen molar-refractivity contribution in [3.63, 3.8) is 0 Å². The Hall–Kier alpha value is 0.137. The van der Waals surface area contributed by atoms with Gasteiger partial charge in [0.15, 0.2) is 8.32 Å². The van der Waals surface area contributed by atoms with Crippen LogP contribution in [0.15, 0.2) is 0 Å². The van der Waals surface area contributed by atoms with Crippen LogP contribution in [0.5, 0.6) is 0 Å². The molecule has 3 heteroatoms. The third-order valence-corrected chi connectivity index (χ3v) is 9.09. The fourth-order valence-electron chi connectivity index (χ4n) is 2.35. The summed E-state index contributed by atoms with van der Waals surface area (Å²) in [5, 5.41) is 10.3.